The maximum Gasteiger partial charge on any atom is 0.257 e. The summed E-state index contributed by atoms with van der Waals surface area (Å²) in [4.78, 5) is 15.5. The minimum Gasteiger partial charge on any atom is -0.497 e. The van der Waals surface area contributed by atoms with E-state index in [9.17, 15) is 4.79 Å². The first-order chi connectivity index (χ1) is 15.8. The van der Waals surface area contributed by atoms with Crippen molar-refractivity contribution in [1.29, 1.82) is 0 Å². The zero-order valence-electron chi connectivity index (χ0n) is 19.2. The Labute approximate surface area is 198 Å². The van der Waals surface area contributed by atoms with Crippen molar-refractivity contribution >= 4 is 34.7 Å². The molecule has 1 aromatic heterocycles. The molecule has 0 radical (unpaired) electrons. The van der Waals surface area contributed by atoms with Gasteiger partial charge in [0.15, 0.2) is 10.9 Å². The van der Waals surface area contributed by atoms with Gasteiger partial charge in [-0.1, -0.05) is 29.4 Å². The zero-order chi connectivity index (χ0) is 23.7. The Morgan fingerprint density at radius 2 is 1.94 bits per heavy atom. The van der Waals surface area contributed by atoms with Gasteiger partial charge in [-0.3, -0.25) is 9.69 Å². The molecule has 0 unspecified atom stereocenters. The second kappa shape index (κ2) is 9.07. The molecule has 4 rings (SSSR count). The number of hydrogen-bond acceptors (Lipinski definition) is 5. The molecule has 2 heterocycles. The molecule has 8 heteroatoms. The van der Waals surface area contributed by atoms with Crippen LogP contribution in [0.4, 0.5) is 11.5 Å². The third kappa shape index (κ3) is 4.47. The smallest absolute Gasteiger partial charge is 0.257 e. The standard InChI is InChI=1S/C25H26N4O3S/c1-14-9-10-15(2)20(11-14)29-17(4)22(24(30)26-21-12-16(3)32-28-21)23(27-25(29)33)18-7-6-8-19(13-18)31-5/h6-13,23H,1-5H3,(H,27,33)(H,26,28,30)/t23-/m0/s1. The number of ether oxygens (including phenoxy) is 1. The van der Waals surface area contributed by atoms with Crippen molar-refractivity contribution in [3.63, 3.8) is 0 Å². The molecule has 0 spiro atoms. The van der Waals surface area contributed by atoms with Gasteiger partial charge in [0.1, 0.15) is 11.5 Å². The zero-order valence-corrected chi connectivity index (χ0v) is 20.0. The highest BCUT2D eigenvalue weighted by Gasteiger charge is 2.35. The van der Waals surface area contributed by atoms with E-state index in [0.717, 1.165) is 28.1 Å². The van der Waals surface area contributed by atoms with E-state index in [2.05, 4.69) is 27.9 Å². The number of aryl methyl sites for hydroxylation is 3. The third-order valence-corrected chi connectivity index (χ3v) is 5.93. The van der Waals surface area contributed by atoms with Crippen molar-refractivity contribution in [3.05, 3.63) is 82.3 Å². The fraction of sp³-hybridized carbons (Fsp3) is 0.240. The number of rotatable bonds is 5. The predicted molar refractivity (Wildman–Crippen MR) is 132 cm³/mol. The SMILES string of the molecule is COc1cccc([C@@H]2NC(=S)N(c3cc(C)ccc3C)C(C)=C2C(=O)Nc2cc(C)on2)c1. The van der Waals surface area contributed by atoms with Crippen LogP contribution in [0.1, 0.15) is 35.4 Å². The van der Waals surface area contributed by atoms with Gasteiger partial charge in [-0.25, -0.2) is 0 Å². The summed E-state index contributed by atoms with van der Waals surface area (Å²) in [5.41, 5.74) is 5.20. The number of thiocarbonyl (C=S) groups is 1. The van der Waals surface area contributed by atoms with Crippen molar-refractivity contribution in [1.82, 2.24) is 10.5 Å². The largest absolute Gasteiger partial charge is 0.497 e. The minimum atomic E-state index is -0.470. The minimum absolute atomic E-state index is 0.293. The molecule has 0 fully saturated rings. The predicted octanol–water partition coefficient (Wildman–Crippen LogP) is 4.96. The highest BCUT2D eigenvalue weighted by atomic mass is 32.1. The Hall–Kier alpha value is -3.65. The monoisotopic (exact) mass is 462 g/mol. The van der Waals surface area contributed by atoms with E-state index in [0.29, 0.717) is 28.0 Å². The molecule has 0 bridgehead atoms. The first kappa shape index (κ1) is 22.5. The second-order valence-corrected chi connectivity index (χ2v) is 8.45. The molecular formula is C25H26N4O3S. The van der Waals surface area contributed by atoms with E-state index >= 15 is 0 Å². The van der Waals surface area contributed by atoms with Gasteiger partial charge in [0.2, 0.25) is 0 Å². The molecule has 1 aliphatic rings. The molecule has 2 N–H and O–H groups in total. The molecule has 7 nitrogen and oxygen atoms in total. The third-order valence-electron chi connectivity index (χ3n) is 5.63. The quantitative estimate of drug-likeness (QED) is 0.519. The fourth-order valence-corrected chi connectivity index (χ4v) is 4.32. The Balaban J connectivity index is 1.85. The summed E-state index contributed by atoms with van der Waals surface area (Å²) >= 11 is 5.79. The highest BCUT2D eigenvalue weighted by molar-refractivity contribution is 7.80. The van der Waals surface area contributed by atoms with Crippen LogP contribution in [0, 0.1) is 20.8 Å². The average molecular weight is 463 g/mol. The number of allylic oxidation sites excluding steroid dienone is 1. The molecule has 1 aliphatic heterocycles. The summed E-state index contributed by atoms with van der Waals surface area (Å²) in [6, 6.07) is 15.0. The van der Waals surface area contributed by atoms with Crippen LogP contribution >= 0.6 is 12.2 Å². The Bertz CT molecular complexity index is 1260. The summed E-state index contributed by atoms with van der Waals surface area (Å²) < 4.78 is 10.5. The van der Waals surface area contributed by atoms with E-state index in [-0.39, 0.29) is 5.91 Å². The van der Waals surface area contributed by atoms with Crippen LogP contribution in [0.3, 0.4) is 0 Å². The van der Waals surface area contributed by atoms with Crippen LogP contribution in [0.25, 0.3) is 0 Å². The number of nitrogens with zero attached hydrogens (tertiary/aromatic N) is 2. The van der Waals surface area contributed by atoms with Crippen molar-refractivity contribution in [2.75, 3.05) is 17.3 Å². The van der Waals surface area contributed by atoms with Gasteiger partial charge in [0, 0.05) is 11.8 Å². The summed E-state index contributed by atoms with van der Waals surface area (Å²) in [6.45, 7) is 7.73. The lowest BCUT2D eigenvalue weighted by atomic mass is 9.93. The Morgan fingerprint density at radius 1 is 1.15 bits per heavy atom. The highest BCUT2D eigenvalue weighted by Crippen LogP contribution is 2.36. The van der Waals surface area contributed by atoms with Crippen molar-refractivity contribution < 1.29 is 14.1 Å². The maximum atomic E-state index is 13.6. The average Bonchev–Trinajstić information content (AvgIpc) is 3.20. The number of benzene rings is 2. The summed E-state index contributed by atoms with van der Waals surface area (Å²) in [5, 5.41) is 10.7. The molecule has 1 amide bonds. The summed E-state index contributed by atoms with van der Waals surface area (Å²) in [6.07, 6.45) is 0. The number of anilines is 2. The first-order valence-electron chi connectivity index (χ1n) is 10.6. The topological polar surface area (TPSA) is 79.6 Å². The maximum absolute atomic E-state index is 13.6. The van der Waals surface area contributed by atoms with Gasteiger partial charge in [-0.2, -0.15) is 0 Å². The summed E-state index contributed by atoms with van der Waals surface area (Å²) in [7, 11) is 1.61. The van der Waals surface area contributed by atoms with Gasteiger partial charge in [-0.05, 0) is 74.8 Å². The normalized spacial score (nSPS) is 16.0. The number of carbonyl (C=O) groups excluding carboxylic acids is 1. The van der Waals surface area contributed by atoms with E-state index < -0.39 is 6.04 Å². The van der Waals surface area contributed by atoms with Gasteiger partial charge >= 0.3 is 0 Å². The number of carbonyl (C=O) groups is 1. The van der Waals surface area contributed by atoms with E-state index in [1.807, 2.05) is 56.0 Å². The second-order valence-electron chi connectivity index (χ2n) is 8.06. The molecule has 1 atom stereocenters. The molecule has 33 heavy (non-hydrogen) atoms. The van der Waals surface area contributed by atoms with Gasteiger partial charge in [0.05, 0.1) is 24.4 Å². The van der Waals surface area contributed by atoms with Crippen LogP contribution in [0.2, 0.25) is 0 Å². The van der Waals surface area contributed by atoms with E-state index in [1.165, 1.54) is 0 Å². The van der Waals surface area contributed by atoms with E-state index in [1.54, 1.807) is 20.1 Å². The van der Waals surface area contributed by atoms with Crippen LogP contribution in [0.5, 0.6) is 5.75 Å². The van der Waals surface area contributed by atoms with Gasteiger partial charge in [0.25, 0.3) is 5.91 Å². The van der Waals surface area contributed by atoms with Gasteiger partial charge in [-0.15, -0.1) is 0 Å². The molecule has 170 valence electrons. The van der Waals surface area contributed by atoms with Crippen molar-refractivity contribution in [2.45, 2.75) is 33.7 Å². The molecule has 0 saturated heterocycles. The van der Waals surface area contributed by atoms with Crippen molar-refractivity contribution in [2.24, 2.45) is 0 Å². The lowest BCUT2D eigenvalue weighted by Crippen LogP contribution is -2.48. The van der Waals surface area contributed by atoms with E-state index in [4.69, 9.17) is 21.5 Å². The van der Waals surface area contributed by atoms with Crippen LogP contribution in [0.15, 0.2) is 64.3 Å². The number of hydrogen-bond donors (Lipinski definition) is 2. The van der Waals surface area contributed by atoms with Crippen molar-refractivity contribution in [3.8, 4) is 5.75 Å². The molecule has 0 aliphatic carbocycles. The Morgan fingerprint density at radius 3 is 2.64 bits per heavy atom. The molecular weight excluding hydrogens is 436 g/mol. The molecule has 0 saturated carbocycles. The van der Waals surface area contributed by atoms with Crippen LogP contribution in [-0.2, 0) is 4.79 Å². The number of amides is 1. The van der Waals surface area contributed by atoms with Crippen LogP contribution in [-0.4, -0.2) is 23.3 Å². The first-order valence-corrected chi connectivity index (χ1v) is 11.0. The Kier molecular flexibility index (Phi) is 6.20. The van der Waals surface area contributed by atoms with Gasteiger partial charge < -0.3 is 19.9 Å². The number of nitrogens with one attached hydrogen (secondary N) is 2. The number of methoxy groups -OCH3 is 1. The molecule has 2 aromatic carbocycles. The lowest BCUT2D eigenvalue weighted by molar-refractivity contribution is -0.113. The number of aromatic nitrogens is 1. The fourth-order valence-electron chi connectivity index (χ4n) is 3.97. The van der Waals surface area contributed by atoms with Crippen LogP contribution < -0.4 is 20.3 Å². The lowest BCUT2D eigenvalue weighted by Gasteiger charge is -2.38. The summed E-state index contributed by atoms with van der Waals surface area (Å²) in [5.74, 6) is 1.37. The molecule has 3 aromatic rings.